The maximum atomic E-state index is 13.8. The van der Waals surface area contributed by atoms with Gasteiger partial charge in [0, 0.05) is 14.7 Å². The van der Waals surface area contributed by atoms with E-state index in [-0.39, 0.29) is 13.2 Å². The molecule has 4 aromatic carbocycles. The molecule has 0 N–H and O–H groups in total. The molecular formula is C29H25F3O5S2. The van der Waals surface area contributed by atoms with Crippen LogP contribution in [0.4, 0.5) is 13.2 Å². The van der Waals surface area contributed by atoms with Gasteiger partial charge >= 0.3 is 16.3 Å². The molecule has 0 bridgehead atoms. The molecule has 10 heteroatoms. The van der Waals surface area contributed by atoms with Crippen LogP contribution in [0.25, 0.3) is 0 Å². The van der Waals surface area contributed by atoms with E-state index in [4.69, 9.17) is 13.1 Å². The number of ether oxygens (including phenoxy) is 2. The van der Waals surface area contributed by atoms with Crippen molar-refractivity contribution in [3.8, 4) is 5.75 Å². The minimum absolute atomic E-state index is 0.250. The Morgan fingerprint density at radius 2 is 1.21 bits per heavy atom. The lowest BCUT2D eigenvalue weighted by Gasteiger charge is -2.39. The van der Waals surface area contributed by atoms with E-state index in [1.54, 1.807) is 84.9 Å². The molecule has 4 aromatic rings. The molecule has 0 unspecified atom stereocenters. The van der Waals surface area contributed by atoms with Crippen LogP contribution in [-0.4, -0.2) is 21.6 Å². The van der Waals surface area contributed by atoms with E-state index >= 15 is 0 Å². The smallest absolute Gasteiger partial charge is 0.417 e. The van der Waals surface area contributed by atoms with E-state index in [1.165, 1.54) is 12.3 Å². The van der Waals surface area contributed by atoms with Gasteiger partial charge in [0.05, 0.1) is 11.8 Å². The molecular weight excluding hydrogens is 549 g/mol. The molecule has 0 aliphatic heterocycles. The highest BCUT2D eigenvalue weighted by atomic mass is 32.3. The second kappa shape index (κ2) is 12.0. The lowest BCUT2D eigenvalue weighted by molar-refractivity contribution is -0.139. The van der Waals surface area contributed by atoms with Crippen molar-refractivity contribution in [2.24, 2.45) is 0 Å². The molecule has 0 saturated heterocycles. The predicted octanol–water partition coefficient (Wildman–Crippen LogP) is 7.85. The second-order valence-electron chi connectivity index (χ2n) is 8.06. The zero-order valence-corrected chi connectivity index (χ0v) is 22.2. The van der Waals surface area contributed by atoms with Crippen molar-refractivity contribution in [2.75, 3.05) is 13.2 Å². The quantitative estimate of drug-likeness (QED) is 0.135. The van der Waals surface area contributed by atoms with E-state index in [1.807, 2.05) is 0 Å². The van der Waals surface area contributed by atoms with Gasteiger partial charge in [-0.15, -0.1) is 0 Å². The van der Waals surface area contributed by atoms with Crippen LogP contribution in [0.2, 0.25) is 0 Å². The molecule has 4 rings (SSSR count). The SMILES string of the molecule is C=COCCOc1ccc(S(OS(=O)(=O)c2ccccc2C(F)(F)F)(c2ccccc2)c2ccccc2)cc1. The van der Waals surface area contributed by atoms with Crippen molar-refractivity contribution < 1.29 is 34.7 Å². The third-order valence-electron chi connectivity index (χ3n) is 5.55. The minimum atomic E-state index is -4.95. The Labute approximate surface area is 227 Å². The molecule has 0 spiro atoms. The number of halogens is 3. The highest BCUT2D eigenvalue weighted by Crippen LogP contribution is 2.70. The normalized spacial score (nSPS) is 12.5. The number of benzene rings is 4. The molecule has 0 atom stereocenters. The maximum absolute atomic E-state index is 13.8. The first-order chi connectivity index (χ1) is 18.7. The Balaban J connectivity index is 1.90. The summed E-state index contributed by atoms with van der Waals surface area (Å²) in [7, 11) is -8.04. The number of hydrogen-bond acceptors (Lipinski definition) is 5. The van der Waals surface area contributed by atoms with Crippen LogP contribution in [-0.2, 0) is 24.7 Å². The number of alkyl halides is 3. The van der Waals surface area contributed by atoms with Gasteiger partial charge in [-0.25, -0.2) is 3.63 Å². The van der Waals surface area contributed by atoms with Gasteiger partial charge in [-0.05, 0) is 71.0 Å². The zero-order valence-electron chi connectivity index (χ0n) is 20.6. The second-order valence-corrected chi connectivity index (χ2v) is 12.5. The monoisotopic (exact) mass is 574 g/mol. The predicted molar refractivity (Wildman–Crippen MR) is 143 cm³/mol. The largest absolute Gasteiger partial charge is 0.498 e. The summed E-state index contributed by atoms with van der Waals surface area (Å²) < 4.78 is 85.8. The van der Waals surface area contributed by atoms with Crippen molar-refractivity contribution in [2.45, 2.75) is 25.8 Å². The Kier molecular flexibility index (Phi) is 8.69. The maximum Gasteiger partial charge on any atom is 0.417 e. The summed E-state index contributed by atoms with van der Waals surface area (Å²) in [5, 5.41) is 0. The fraction of sp³-hybridized carbons (Fsp3) is 0.103. The van der Waals surface area contributed by atoms with E-state index in [9.17, 15) is 21.6 Å². The number of hydrogen-bond donors (Lipinski definition) is 0. The van der Waals surface area contributed by atoms with Gasteiger partial charge in [-0.2, -0.15) is 21.6 Å². The summed E-state index contributed by atoms with van der Waals surface area (Å²) in [6.07, 6.45) is -3.60. The fourth-order valence-corrected chi connectivity index (χ4v) is 9.28. The summed E-state index contributed by atoms with van der Waals surface area (Å²) in [5.74, 6) is 0.492. The van der Waals surface area contributed by atoms with Gasteiger partial charge in [0.15, 0.2) is 0 Å². The van der Waals surface area contributed by atoms with Crippen LogP contribution in [0.5, 0.6) is 5.75 Å². The molecule has 39 heavy (non-hydrogen) atoms. The number of rotatable bonds is 11. The molecule has 0 heterocycles. The molecule has 0 fully saturated rings. The van der Waals surface area contributed by atoms with Crippen molar-refractivity contribution in [1.82, 2.24) is 0 Å². The average Bonchev–Trinajstić information content (AvgIpc) is 2.95. The van der Waals surface area contributed by atoms with Crippen LogP contribution >= 0.6 is 10.3 Å². The highest BCUT2D eigenvalue weighted by Gasteiger charge is 2.42. The van der Waals surface area contributed by atoms with Gasteiger partial charge in [-0.1, -0.05) is 55.1 Å². The highest BCUT2D eigenvalue weighted by molar-refractivity contribution is 8.33. The molecule has 0 radical (unpaired) electrons. The van der Waals surface area contributed by atoms with Gasteiger partial charge in [0.1, 0.15) is 23.9 Å². The van der Waals surface area contributed by atoms with E-state index in [0.717, 1.165) is 18.2 Å². The van der Waals surface area contributed by atoms with Crippen LogP contribution in [0.3, 0.4) is 0 Å². The molecule has 0 amide bonds. The van der Waals surface area contributed by atoms with Crippen LogP contribution in [0, 0.1) is 0 Å². The lowest BCUT2D eigenvalue weighted by Crippen LogP contribution is -2.18. The van der Waals surface area contributed by atoms with E-state index in [0.29, 0.717) is 20.4 Å². The summed E-state index contributed by atoms with van der Waals surface area (Å²) in [4.78, 5) is 0.459. The molecule has 0 aromatic heterocycles. The zero-order chi connectivity index (χ0) is 27.9. The molecule has 5 nitrogen and oxygen atoms in total. The Morgan fingerprint density at radius 1 is 0.692 bits per heavy atom. The van der Waals surface area contributed by atoms with Gasteiger partial charge in [0.2, 0.25) is 0 Å². The summed E-state index contributed by atoms with van der Waals surface area (Å²) in [5.41, 5.74) is -1.30. The third kappa shape index (κ3) is 6.30. The van der Waals surface area contributed by atoms with Crippen molar-refractivity contribution in [1.29, 1.82) is 0 Å². The first kappa shape index (κ1) is 28.3. The Morgan fingerprint density at radius 3 is 1.74 bits per heavy atom. The van der Waals surface area contributed by atoms with Crippen molar-refractivity contribution >= 4 is 20.4 Å². The summed E-state index contributed by atoms with van der Waals surface area (Å²) in [6, 6.07) is 27.8. The topological polar surface area (TPSA) is 61.8 Å². The Bertz CT molecular complexity index is 1450. The van der Waals surface area contributed by atoms with E-state index in [2.05, 4.69) is 6.58 Å². The Hall–Kier alpha value is -3.73. The average molecular weight is 575 g/mol. The van der Waals surface area contributed by atoms with Crippen molar-refractivity contribution in [3.63, 3.8) is 0 Å². The van der Waals surface area contributed by atoms with Crippen LogP contribution < -0.4 is 4.74 Å². The summed E-state index contributed by atoms with van der Waals surface area (Å²) >= 11 is 0. The molecule has 0 aliphatic rings. The molecule has 0 aliphatic carbocycles. The van der Waals surface area contributed by atoms with Gasteiger partial charge in [-0.3, -0.25) is 0 Å². The van der Waals surface area contributed by atoms with Crippen molar-refractivity contribution in [3.05, 3.63) is 128 Å². The summed E-state index contributed by atoms with van der Waals surface area (Å²) in [6.45, 7) is 4.01. The van der Waals surface area contributed by atoms with E-state index < -0.39 is 37.1 Å². The van der Waals surface area contributed by atoms with Gasteiger partial charge in [0.25, 0.3) is 0 Å². The third-order valence-corrected chi connectivity index (χ3v) is 10.8. The van der Waals surface area contributed by atoms with Crippen LogP contribution in [0.1, 0.15) is 5.56 Å². The first-order valence-electron chi connectivity index (χ1n) is 11.7. The molecule has 204 valence electrons. The fourth-order valence-electron chi connectivity index (χ4n) is 3.86. The van der Waals surface area contributed by atoms with Gasteiger partial charge < -0.3 is 9.47 Å². The standard InChI is InChI=1S/C29H25F3O5S2/c1-2-35-21-22-36-23-17-19-26(20-18-23)38(24-11-5-3-6-12-24,25-13-7-4-8-14-25)37-39(33,34)28-16-10-9-15-27(28)29(30,31)32/h2-20H,1,21-22H2. The first-order valence-corrected chi connectivity index (χ1v) is 14.7. The minimum Gasteiger partial charge on any atom is -0.498 e. The molecule has 0 saturated carbocycles. The lowest BCUT2D eigenvalue weighted by atomic mass is 10.2. The van der Waals surface area contributed by atoms with Crippen LogP contribution in [0.15, 0.2) is 142 Å².